The Morgan fingerprint density at radius 3 is 2.50 bits per heavy atom. The van der Waals surface area contributed by atoms with Gasteiger partial charge in [0.2, 0.25) is 0 Å². The standard InChI is InChI=1S/C13H23NO2/c1-3-16-12(15)13(8-10(2)9-13)14-11-6-4-5-7-11/h10-11,14H,3-9H2,1-2H3. The molecule has 1 N–H and O–H groups in total. The first kappa shape index (κ1) is 11.9. The zero-order chi connectivity index (χ0) is 11.6. The Bertz CT molecular complexity index is 253. The predicted molar refractivity (Wildman–Crippen MR) is 63.2 cm³/mol. The SMILES string of the molecule is CCOC(=O)C1(NC2CCCC2)CC(C)C1. The lowest BCUT2D eigenvalue weighted by Crippen LogP contribution is -2.63. The van der Waals surface area contributed by atoms with E-state index in [4.69, 9.17) is 4.74 Å². The summed E-state index contributed by atoms with van der Waals surface area (Å²) >= 11 is 0. The van der Waals surface area contributed by atoms with Gasteiger partial charge in [0.15, 0.2) is 0 Å². The van der Waals surface area contributed by atoms with Gasteiger partial charge in [-0.1, -0.05) is 19.8 Å². The van der Waals surface area contributed by atoms with Gasteiger partial charge >= 0.3 is 5.97 Å². The van der Waals surface area contributed by atoms with Gasteiger partial charge in [0.05, 0.1) is 6.61 Å². The van der Waals surface area contributed by atoms with Gasteiger partial charge < -0.3 is 4.74 Å². The number of esters is 1. The van der Waals surface area contributed by atoms with Crippen molar-refractivity contribution in [1.82, 2.24) is 5.32 Å². The molecule has 0 aromatic rings. The topological polar surface area (TPSA) is 38.3 Å². The number of carbonyl (C=O) groups excluding carboxylic acids is 1. The van der Waals surface area contributed by atoms with Crippen LogP contribution >= 0.6 is 0 Å². The summed E-state index contributed by atoms with van der Waals surface area (Å²) in [7, 11) is 0. The summed E-state index contributed by atoms with van der Waals surface area (Å²) in [5.41, 5.74) is -0.343. The van der Waals surface area contributed by atoms with Gasteiger partial charge in [-0.15, -0.1) is 0 Å². The van der Waals surface area contributed by atoms with E-state index in [1.807, 2.05) is 6.92 Å². The summed E-state index contributed by atoms with van der Waals surface area (Å²) in [6.07, 6.45) is 6.92. The molecule has 0 amide bonds. The van der Waals surface area contributed by atoms with Crippen molar-refractivity contribution >= 4 is 5.97 Å². The van der Waals surface area contributed by atoms with E-state index in [0.29, 0.717) is 18.6 Å². The number of nitrogens with one attached hydrogen (secondary N) is 1. The number of hydrogen-bond acceptors (Lipinski definition) is 3. The second-order valence-corrected chi connectivity index (χ2v) is 5.44. The Balaban J connectivity index is 1.95. The highest BCUT2D eigenvalue weighted by atomic mass is 16.5. The number of ether oxygens (including phenoxy) is 1. The number of rotatable bonds is 4. The highest BCUT2D eigenvalue weighted by Gasteiger charge is 2.50. The molecule has 0 heterocycles. The fourth-order valence-corrected chi connectivity index (χ4v) is 3.20. The van der Waals surface area contributed by atoms with Gasteiger partial charge in [0.25, 0.3) is 0 Å². The summed E-state index contributed by atoms with van der Waals surface area (Å²) in [6.45, 7) is 4.57. The number of hydrogen-bond donors (Lipinski definition) is 1. The van der Waals surface area contributed by atoms with Crippen LogP contribution in [0.4, 0.5) is 0 Å². The normalized spacial score (nSPS) is 34.8. The van der Waals surface area contributed by atoms with Gasteiger partial charge in [-0.25, -0.2) is 0 Å². The van der Waals surface area contributed by atoms with E-state index < -0.39 is 0 Å². The van der Waals surface area contributed by atoms with Crippen molar-refractivity contribution in [3.8, 4) is 0 Å². The molecule has 2 aliphatic rings. The molecule has 0 saturated heterocycles. The average Bonchev–Trinajstić information content (AvgIpc) is 2.68. The molecule has 0 aromatic heterocycles. The van der Waals surface area contributed by atoms with E-state index in [1.54, 1.807) is 0 Å². The van der Waals surface area contributed by atoms with Crippen molar-refractivity contribution in [1.29, 1.82) is 0 Å². The molecule has 0 radical (unpaired) electrons. The van der Waals surface area contributed by atoms with Crippen LogP contribution in [-0.4, -0.2) is 24.2 Å². The second kappa shape index (κ2) is 4.74. The zero-order valence-electron chi connectivity index (χ0n) is 10.4. The van der Waals surface area contributed by atoms with Crippen molar-refractivity contribution in [3.63, 3.8) is 0 Å². The molecule has 0 aromatic carbocycles. The lowest BCUT2D eigenvalue weighted by atomic mass is 9.68. The van der Waals surface area contributed by atoms with Crippen LogP contribution < -0.4 is 5.32 Å². The maximum atomic E-state index is 12.0. The monoisotopic (exact) mass is 225 g/mol. The van der Waals surface area contributed by atoms with Crippen LogP contribution in [0.5, 0.6) is 0 Å². The van der Waals surface area contributed by atoms with Crippen molar-refractivity contribution in [2.45, 2.75) is 64.0 Å². The summed E-state index contributed by atoms with van der Waals surface area (Å²) in [6, 6.07) is 0.539. The molecule has 16 heavy (non-hydrogen) atoms. The summed E-state index contributed by atoms with van der Waals surface area (Å²) in [5.74, 6) is 0.623. The van der Waals surface area contributed by atoms with Gasteiger partial charge in [-0.05, 0) is 38.5 Å². The minimum Gasteiger partial charge on any atom is -0.465 e. The summed E-state index contributed by atoms with van der Waals surface area (Å²) in [4.78, 5) is 12.0. The van der Waals surface area contributed by atoms with Crippen LogP contribution in [0.1, 0.15) is 52.4 Å². The van der Waals surface area contributed by atoms with Crippen LogP contribution in [0.15, 0.2) is 0 Å². The molecule has 0 atom stereocenters. The van der Waals surface area contributed by atoms with Gasteiger partial charge in [0.1, 0.15) is 5.54 Å². The minimum absolute atomic E-state index is 0.0278. The second-order valence-electron chi connectivity index (χ2n) is 5.44. The molecule has 2 saturated carbocycles. The Kier molecular flexibility index (Phi) is 3.53. The van der Waals surface area contributed by atoms with E-state index in [9.17, 15) is 4.79 Å². The average molecular weight is 225 g/mol. The molecule has 0 bridgehead atoms. The highest BCUT2D eigenvalue weighted by molar-refractivity contribution is 5.82. The van der Waals surface area contributed by atoms with Crippen LogP contribution in [0, 0.1) is 5.92 Å². The van der Waals surface area contributed by atoms with E-state index in [2.05, 4.69) is 12.2 Å². The fourth-order valence-electron chi connectivity index (χ4n) is 3.20. The lowest BCUT2D eigenvalue weighted by Gasteiger charge is -2.46. The van der Waals surface area contributed by atoms with Crippen molar-refractivity contribution in [2.24, 2.45) is 5.92 Å². The van der Waals surface area contributed by atoms with Crippen molar-refractivity contribution in [2.75, 3.05) is 6.61 Å². The fraction of sp³-hybridized carbons (Fsp3) is 0.923. The first-order chi connectivity index (χ1) is 7.66. The number of carbonyl (C=O) groups is 1. The van der Waals surface area contributed by atoms with Gasteiger partial charge in [0, 0.05) is 6.04 Å². The predicted octanol–water partition coefficient (Wildman–Crippen LogP) is 2.25. The quantitative estimate of drug-likeness (QED) is 0.746. The molecule has 0 spiro atoms. The third-order valence-corrected chi connectivity index (χ3v) is 3.90. The molecule has 3 heteroatoms. The minimum atomic E-state index is -0.343. The van der Waals surface area contributed by atoms with Gasteiger partial charge in [-0.3, -0.25) is 10.1 Å². The van der Waals surface area contributed by atoms with Crippen LogP contribution in [0.2, 0.25) is 0 Å². The maximum Gasteiger partial charge on any atom is 0.326 e. The Morgan fingerprint density at radius 2 is 2.00 bits per heavy atom. The van der Waals surface area contributed by atoms with Crippen LogP contribution in [0.3, 0.4) is 0 Å². The van der Waals surface area contributed by atoms with Crippen LogP contribution in [-0.2, 0) is 9.53 Å². The largest absolute Gasteiger partial charge is 0.465 e. The highest BCUT2D eigenvalue weighted by Crippen LogP contribution is 2.40. The molecule has 3 nitrogen and oxygen atoms in total. The molecule has 0 aliphatic heterocycles. The summed E-state index contributed by atoms with van der Waals surface area (Å²) < 4.78 is 5.21. The van der Waals surface area contributed by atoms with E-state index in [-0.39, 0.29) is 11.5 Å². The van der Waals surface area contributed by atoms with Crippen molar-refractivity contribution < 1.29 is 9.53 Å². The van der Waals surface area contributed by atoms with Crippen molar-refractivity contribution in [3.05, 3.63) is 0 Å². The molecular weight excluding hydrogens is 202 g/mol. The zero-order valence-corrected chi connectivity index (χ0v) is 10.4. The first-order valence-corrected chi connectivity index (χ1v) is 6.61. The third kappa shape index (κ3) is 2.24. The first-order valence-electron chi connectivity index (χ1n) is 6.61. The summed E-state index contributed by atoms with van der Waals surface area (Å²) in [5, 5.41) is 3.57. The Morgan fingerprint density at radius 1 is 1.38 bits per heavy atom. The molecule has 2 fully saturated rings. The lowest BCUT2D eigenvalue weighted by molar-refractivity contribution is -0.158. The molecule has 92 valence electrons. The molecule has 2 aliphatic carbocycles. The smallest absolute Gasteiger partial charge is 0.326 e. The molecule has 2 rings (SSSR count). The Labute approximate surface area is 97.9 Å². The van der Waals surface area contributed by atoms with E-state index >= 15 is 0 Å². The third-order valence-electron chi connectivity index (χ3n) is 3.90. The maximum absolute atomic E-state index is 12.0. The van der Waals surface area contributed by atoms with E-state index in [0.717, 1.165) is 12.8 Å². The molecular formula is C13H23NO2. The molecule has 0 unspecified atom stereocenters. The Hall–Kier alpha value is -0.570. The van der Waals surface area contributed by atoms with Gasteiger partial charge in [-0.2, -0.15) is 0 Å². The van der Waals surface area contributed by atoms with E-state index in [1.165, 1.54) is 25.7 Å². The van der Waals surface area contributed by atoms with Crippen LogP contribution in [0.25, 0.3) is 0 Å².